The van der Waals surface area contributed by atoms with Crippen molar-refractivity contribution in [2.75, 3.05) is 26.2 Å². The molecule has 3 heterocycles. The number of nitrogens with zero attached hydrogens (tertiary/aromatic N) is 2. The molecule has 0 radical (unpaired) electrons. The third-order valence-corrected chi connectivity index (χ3v) is 14.0. The van der Waals surface area contributed by atoms with Gasteiger partial charge in [-0.05, 0) is 73.1 Å². The molecule has 19 N–H and O–H groups in total. The van der Waals surface area contributed by atoms with Gasteiger partial charge in [0.25, 0.3) is 0 Å². The van der Waals surface area contributed by atoms with Gasteiger partial charge in [-0.15, -0.1) is 0 Å². The Morgan fingerprint density at radius 3 is 1.41 bits per heavy atom. The molecule has 0 saturated carbocycles. The van der Waals surface area contributed by atoms with Crippen LogP contribution in [0.3, 0.4) is 0 Å². The van der Waals surface area contributed by atoms with Gasteiger partial charge in [0.2, 0.25) is 59.1 Å². The van der Waals surface area contributed by atoms with Gasteiger partial charge in [-0.1, -0.05) is 13.8 Å². The molecule has 33 heteroatoms. The third-order valence-electron chi connectivity index (χ3n) is 14.0. The molecule has 3 rings (SSSR count). The first-order chi connectivity index (χ1) is 38.2. The standard InChI is InChI=1S/C49H83N11O22/c1-18(2)31(53-45(77)34(22(6)65)56-46(78)33(21(5)64)55-42(74)30(50)19(3)62)44(76)57-35(23(7)66)47(79)59-14-10-13-27(59)41(73)58-36(24(8)81-49-37(52-25(9)67)39(71)38(70)28(17-61)82-49)48(80)60-15-11-12-26(60)40(72)54-32(20(4)63)43(75)51-16-29(68)69/h18-24,26-28,30-39,49,61-66,70-71H,10-17,50H2,1-9H3,(H,51,75)(H,52,67)(H,53,77)(H,54,72)(H,55,74)(H,56,78)(H,57,76)(H,58,73)(H,68,69)/t19-,20-,21-,22-,23-,24-,26+,27+,28-,30+,31+,32+,33+,34+,35+,36+,37-,38+,39-,49+/m1/s1. The first-order valence-electron chi connectivity index (χ1n) is 26.8. The summed E-state index contributed by atoms with van der Waals surface area (Å²) >= 11 is 0. The normalized spacial score (nSPS) is 25.6. The number of aliphatic carboxylic acids is 1. The van der Waals surface area contributed by atoms with E-state index in [1.165, 1.54) is 27.7 Å². The fraction of sp³-hybridized carbons (Fsp3) is 0.776. The summed E-state index contributed by atoms with van der Waals surface area (Å²) in [5, 5.41) is 111. The van der Waals surface area contributed by atoms with Gasteiger partial charge in [0.1, 0.15) is 85.3 Å². The molecule has 0 aromatic heterocycles. The minimum Gasteiger partial charge on any atom is -0.480 e. The summed E-state index contributed by atoms with van der Waals surface area (Å²) in [6, 6.07) is -16.4. The lowest BCUT2D eigenvalue weighted by molar-refractivity contribution is -0.281. The highest BCUT2D eigenvalue weighted by Gasteiger charge is 2.49. The van der Waals surface area contributed by atoms with Crippen molar-refractivity contribution in [3.63, 3.8) is 0 Å². The first kappa shape index (κ1) is 70.0. The topological polar surface area (TPSA) is 517 Å². The summed E-state index contributed by atoms with van der Waals surface area (Å²) in [5.74, 6) is -12.5. The van der Waals surface area contributed by atoms with Gasteiger partial charge in [0.05, 0.1) is 43.2 Å². The van der Waals surface area contributed by atoms with Crippen LogP contribution in [0.25, 0.3) is 0 Å². The second kappa shape index (κ2) is 31.4. The quantitative estimate of drug-likeness (QED) is 0.0346. The van der Waals surface area contributed by atoms with E-state index in [1.54, 1.807) is 0 Å². The highest BCUT2D eigenvalue weighted by atomic mass is 16.7. The SMILES string of the molecule is CC(=O)N[C@H]1[C@@H](O[C@H](C)[C@H](NC(=O)[C@@H]2CCCN2C(=O)[C@@H](NC(=O)[C@@H](NC(=O)[C@@H](NC(=O)[C@@H](NC(=O)[C@@H](N)[C@@H](C)O)[C@@H](C)O)[C@@H](C)O)C(C)C)[C@@H](C)O)C(=O)N2CCC[C@H]2C(=O)N[C@H](C(=O)NCC(=O)O)[C@@H](C)O)O[C@H](CO)[C@H](O)[C@@H]1O. The predicted octanol–water partition coefficient (Wildman–Crippen LogP) is -9.69. The first-order valence-corrected chi connectivity index (χ1v) is 26.8. The molecule has 3 fully saturated rings. The Bertz CT molecular complexity index is 2270. The smallest absolute Gasteiger partial charge is 0.322 e. The van der Waals surface area contributed by atoms with E-state index in [4.69, 9.17) is 20.3 Å². The van der Waals surface area contributed by atoms with E-state index in [2.05, 4.69) is 42.5 Å². The molecule has 20 atom stereocenters. The Morgan fingerprint density at radius 1 is 0.573 bits per heavy atom. The van der Waals surface area contributed by atoms with Crippen LogP contribution in [0.5, 0.6) is 0 Å². The number of aliphatic hydroxyl groups is 8. The number of hydrogen-bond donors (Lipinski definition) is 18. The molecule has 3 aliphatic rings. The van der Waals surface area contributed by atoms with E-state index >= 15 is 0 Å². The molecular formula is C49H83N11O22. The number of rotatable bonds is 28. The van der Waals surface area contributed by atoms with Crippen LogP contribution in [0.1, 0.15) is 88.0 Å². The summed E-state index contributed by atoms with van der Waals surface area (Å²) in [6.07, 6.45) is -16.0. The second-order valence-corrected chi connectivity index (χ2v) is 21.2. The average molecular weight is 1180 g/mol. The Morgan fingerprint density at radius 2 is 0.988 bits per heavy atom. The average Bonchev–Trinajstić information content (AvgIpc) is 4.29. The van der Waals surface area contributed by atoms with Crippen molar-refractivity contribution in [2.24, 2.45) is 11.7 Å². The van der Waals surface area contributed by atoms with Crippen molar-refractivity contribution < 1.29 is 108 Å². The van der Waals surface area contributed by atoms with E-state index in [0.29, 0.717) is 0 Å². The highest BCUT2D eigenvalue weighted by molar-refractivity contribution is 5.99. The van der Waals surface area contributed by atoms with E-state index in [0.717, 1.165) is 44.4 Å². The van der Waals surface area contributed by atoms with Gasteiger partial charge in [0.15, 0.2) is 6.29 Å². The molecule has 10 amide bonds. The summed E-state index contributed by atoms with van der Waals surface area (Å²) in [7, 11) is 0. The minimum absolute atomic E-state index is 0.0286. The van der Waals surface area contributed by atoms with Gasteiger partial charge in [-0.25, -0.2) is 0 Å². The molecule has 0 bridgehead atoms. The number of hydrogen-bond acceptors (Lipinski definition) is 22. The zero-order valence-corrected chi connectivity index (χ0v) is 47.1. The van der Waals surface area contributed by atoms with Gasteiger partial charge in [-0.3, -0.25) is 52.7 Å². The molecule has 466 valence electrons. The van der Waals surface area contributed by atoms with Crippen LogP contribution < -0.4 is 48.3 Å². The number of aliphatic hydroxyl groups excluding tert-OH is 8. The Labute approximate surface area is 472 Å². The molecule has 3 saturated heterocycles. The van der Waals surface area contributed by atoms with Crippen LogP contribution in [0, 0.1) is 5.92 Å². The number of nitrogens with one attached hydrogen (secondary N) is 8. The number of amides is 10. The van der Waals surface area contributed by atoms with Crippen molar-refractivity contribution in [1.29, 1.82) is 0 Å². The van der Waals surface area contributed by atoms with Crippen LogP contribution in [-0.4, -0.2) is 269 Å². The second-order valence-electron chi connectivity index (χ2n) is 21.2. The fourth-order valence-corrected chi connectivity index (χ4v) is 9.33. The van der Waals surface area contributed by atoms with Crippen LogP contribution in [0.2, 0.25) is 0 Å². The Balaban J connectivity index is 1.96. The van der Waals surface area contributed by atoms with Crippen LogP contribution >= 0.6 is 0 Å². The zero-order valence-electron chi connectivity index (χ0n) is 47.1. The predicted molar refractivity (Wildman–Crippen MR) is 279 cm³/mol. The van der Waals surface area contributed by atoms with Gasteiger partial charge in [-0.2, -0.15) is 0 Å². The summed E-state index contributed by atoms with van der Waals surface area (Å²) in [5.41, 5.74) is 5.64. The number of likely N-dealkylation sites (tertiary alicyclic amines) is 2. The lowest BCUT2D eigenvalue weighted by Gasteiger charge is -2.43. The number of ether oxygens (including phenoxy) is 2. The van der Waals surface area contributed by atoms with E-state index in [9.17, 15) is 93.6 Å². The maximum Gasteiger partial charge on any atom is 0.322 e. The molecule has 0 aromatic rings. The van der Waals surface area contributed by atoms with Crippen molar-refractivity contribution in [2.45, 2.75) is 210 Å². The molecule has 33 nitrogen and oxygen atoms in total. The summed E-state index contributed by atoms with van der Waals surface area (Å²) in [6.45, 7) is 9.00. The van der Waals surface area contributed by atoms with Crippen molar-refractivity contribution >= 4 is 65.0 Å². The van der Waals surface area contributed by atoms with E-state index in [-0.39, 0.29) is 38.8 Å². The number of nitrogens with two attached hydrogens (primary N) is 1. The molecule has 0 aliphatic carbocycles. The number of carbonyl (C=O) groups excluding carboxylic acids is 10. The molecule has 0 spiro atoms. The van der Waals surface area contributed by atoms with Crippen molar-refractivity contribution in [3.05, 3.63) is 0 Å². The Kier molecular flexibility index (Phi) is 26.8. The molecule has 0 aromatic carbocycles. The molecule has 82 heavy (non-hydrogen) atoms. The number of carboxylic acids is 1. The lowest BCUT2D eigenvalue weighted by Crippen LogP contribution is -2.66. The van der Waals surface area contributed by atoms with Crippen LogP contribution in [0.15, 0.2) is 0 Å². The summed E-state index contributed by atoms with van der Waals surface area (Å²) in [4.78, 5) is 150. The van der Waals surface area contributed by atoms with Crippen molar-refractivity contribution in [3.8, 4) is 0 Å². The van der Waals surface area contributed by atoms with Crippen LogP contribution in [-0.2, 0) is 62.2 Å². The molecule has 0 unspecified atom stereocenters. The Hall–Kier alpha value is -6.27. The number of carbonyl (C=O) groups is 11. The maximum atomic E-state index is 14.9. The van der Waals surface area contributed by atoms with Crippen LogP contribution in [0.4, 0.5) is 0 Å². The van der Waals surface area contributed by atoms with E-state index in [1.807, 2.05) is 0 Å². The van der Waals surface area contributed by atoms with Gasteiger partial charge < -0.3 is 114 Å². The van der Waals surface area contributed by atoms with Crippen molar-refractivity contribution in [1.82, 2.24) is 52.3 Å². The third kappa shape index (κ3) is 18.6. The molecule has 3 aliphatic heterocycles. The largest absolute Gasteiger partial charge is 0.480 e. The highest BCUT2D eigenvalue weighted by Crippen LogP contribution is 2.27. The summed E-state index contributed by atoms with van der Waals surface area (Å²) < 4.78 is 11.8. The fourth-order valence-electron chi connectivity index (χ4n) is 9.33. The van der Waals surface area contributed by atoms with E-state index < -0.39 is 206 Å². The monoisotopic (exact) mass is 1180 g/mol. The number of carboxylic acid groups (broad SMARTS) is 1. The molecular weight excluding hydrogens is 1090 g/mol. The van der Waals surface area contributed by atoms with Gasteiger partial charge in [0, 0.05) is 20.0 Å². The minimum atomic E-state index is -1.86. The van der Waals surface area contributed by atoms with Gasteiger partial charge >= 0.3 is 5.97 Å². The maximum absolute atomic E-state index is 14.9. The lowest BCUT2D eigenvalue weighted by atomic mass is 9.96. The zero-order chi connectivity index (χ0) is 62.4.